The van der Waals surface area contributed by atoms with Gasteiger partial charge in [0.25, 0.3) is 0 Å². The predicted molar refractivity (Wildman–Crippen MR) is 116 cm³/mol. The molecule has 4 aromatic rings. The van der Waals surface area contributed by atoms with Gasteiger partial charge in [-0.15, -0.1) is 0 Å². The zero-order valence-corrected chi connectivity index (χ0v) is 16.7. The summed E-state index contributed by atoms with van der Waals surface area (Å²) in [6.07, 6.45) is 4.37. The lowest BCUT2D eigenvalue weighted by Gasteiger charge is -2.17. The first-order valence-corrected chi connectivity index (χ1v) is 9.94. The zero-order chi connectivity index (χ0) is 21.4. The van der Waals surface area contributed by atoms with Crippen LogP contribution in [0.4, 0.5) is 27.7 Å². The molecule has 158 valence electrons. The molecule has 1 fully saturated rings. The molecule has 1 aliphatic heterocycles. The van der Waals surface area contributed by atoms with Crippen LogP contribution >= 0.6 is 0 Å². The Labute approximate surface area is 177 Å². The summed E-state index contributed by atoms with van der Waals surface area (Å²) in [5, 5.41) is 3.87. The Balaban J connectivity index is 1.36. The van der Waals surface area contributed by atoms with Gasteiger partial charge in [-0.2, -0.15) is 9.97 Å². The normalized spacial score (nSPS) is 16.1. The lowest BCUT2D eigenvalue weighted by Crippen LogP contribution is -2.61. The van der Waals surface area contributed by atoms with Crippen LogP contribution in [0, 0.1) is 5.82 Å². The molecule has 4 heterocycles. The number of H-pyrrole nitrogens is 1. The minimum atomic E-state index is -0.507. The van der Waals surface area contributed by atoms with Crippen molar-refractivity contribution in [2.24, 2.45) is 0 Å². The quantitative estimate of drug-likeness (QED) is 0.389. The van der Waals surface area contributed by atoms with Crippen LogP contribution in [-0.4, -0.2) is 39.1 Å². The first-order valence-electron chi connectivity index (χ1n) is 9.94. The highest BCUT2D eigenvalue weighted by Crippen LogP contribution is 2.32. The molecule has 0 amide bonds. The summed E-state index contributed by atoms with van der Waals surface area (Å²) < 4.78 is 20.5. The van der Waals surface area contributed by atoms with Crippen molar-refractivity contribution in [3.05, 3.63) is 54.6 Å². The van der Waals surface area contributed by atoms with Gasteiger partial charge >= 0.3 is 0 Å². The summed E-state index contributed by atoms with van der Waals surface area (Å²) in [5.41, 5.74) is 11.2. The molecule has 0 saturated carbocycles. The highest BCUT2D eigenvalue weighted by Gasteiger charge is 2.23. The Morgan fingerprint density at radius 2 is 2.10 bits per heavy atom. The fraction of sp³-hybridized carbons (Fsp3) is 0.190. The summed E-state index contributed by atoms with van der Waals surface area (Å²) >= 11 is 0. The van der Waals surface area contributed by atoms with Crippen molar-refractivity contribution in [3.63, 3.8) is 0 Å². The maximum Gasteiger partial charge on any atom is 0.223 e. The van der Waals surface area contributed by atoms with E-state index in [9.17, 15) is 4.39 Å². The summed E-state index contributed by atoms with van der Waals surface area (Å²) in [6, 6.07) is 10.3. The van der Waals surface area contributed by atoms with Crippen LogP contribution in [0.5, 0.6) is 11.5 Å². The number of aromatic nitrogens is 4. The molecular formula is C21H22FN8O+. The molecule has 1 atom stereocenters. The number of nitrogens with zero attached hydrogens (tertiary/aromatic N) is 4. The lowest BCUT2D eigenvalue weighted by molar-refractivity contribution is -0.412. The Morgan fingerprint density at radius 1 is 1.19 bits per heavy atom. The maximum absolute atomic E-state index is 14.8. The second-order valence-corrected chi connectivity index (χ2v) is 7.49. The van der Waals surface area contributed by atoms with Gasteiger partial charge < -0.3 is 31.4 Å². The zero-order valence-electron chi connectivity index (χ0n) is 16.7. The van der Waals surface area contributed by atoms with E-state index in [1.807, 2.05) is 6.07 Å². The minimum absolute atomic E-state index is 0.112. The van der Waals surface area contributed by atoms with Crippen molar-refractivity contribution in [2.45, 2.75) is 12.5 Å². The molecule has 10 heteroatoms. The first-order chi connectivity index (χ1) is 15.0. The summed E-state index contributed by atoms with van der Waals surface area (Å²) in [5.74, 6) is 1.50. The van der Waals surface area contributed by atoms with Crippen molar-refractivity contribution in [2.75, 3.05) is 29.0 Å². The monoisotopic (exact) mass is 421 g/mol. The number of quaternary nitrogens is 1. The SMILES string of the molecule is Nc1nc(Nc2ccc(Oc3ccnc4[nH]ccc34)c(F)c2)cc(N2CC[C@@H]([NH3+])C2)n1. The van der Waals surface area contributed by atoms with Gasteiger partial charge in [0.1, 0.15) is 29.1 Å². The van der Waals surface area contributed by atoms with Crippen molar-refractivity contribution in [3.8, 4) is 11.5 Å². The van der Waals surface area contributed by atoms with Gasteiger partial charge in [-0.05, 0) is 24.3 Å². The average molecular weight is 421 g/mol. The third-order valence-electron chi connectivity index (χ3n) is 5.18. The second kappa shape index (κ2) is 7.73. The number of hydrogen-bond acceptors (Lipinski definition) is 7. The molecule has 1 saturated heterocycles. The van der Waals surface area contributed by atoms with Crippen molar-refractivity contribution >= 4 is 34.3 Å². The molecule has 0 aliphatic carbocycles. The Morgan fingerprint density at radius 3 is 2.90 bits per heavy atom. The standard InChI is InChI=1S/C21H21FN8O/c22-15-9-13(1-2-17(15)31-16-4-7-26-20-14(16)3-6-25-20)27-18-10-19(29-21(24)28-18)30-8-5-12(23)11-30/h1-4,6-7,9-10,12H,5,8,11,23H2,(H,25,26)(H3,24,27,28,29)/p+1/t12-/m1/s1. The first kappa shape index (κ1) is 19.1. The molecule has 5 rings (SSSR count). The van der Waals surface area contributed by atoms with Crippen molar-refractivity contribution in [1.82, 2.24) is 19.9 Å². The summed E-state index contributed by atoms with van der Waals surface area (Å²) in [6.45, 7) is 1.69. The Kier molecular flexibility index (Phi) is 4.75. The number of aromatic amines is 1. The second-order valence-electron chi connectivity index (χ2n) is 7.49. The van der Waals surface area contributed by atoms with Gasteiger partial charge in [0.15, 0.2) is 11.6 Å². The molecule has 1 aliphatic rings. The van der Waals surface area contributed by atoms with Gasteiger partial charge in [0.2, 0.25) is 5.95 Å². The summed E-state index contributed by atoms with van der Waals surface area (Å²) in [4.78, 5) is 17.9. The van der Waals surface area contributed by atoms with E-state index in [0.717, 1.165) is 30.7 Å². The van der Waals surface area contributed by atoms with Crippen LogP contribution in [0.2, 0.25) is 0 Å². The topological polar surface area (TPSA) is 133 Å². The van der Waals surface area contributed by atoms with Crippen LogP contribution in [0.1, 0.15) is 6.42 Å². The third kappa shape index (κ3) is 3.92. The van der Waals surface area contributed by atoms with Gasteiger partial charge in [-0.25, -0.2) is 9.37 Å². The van der Waals surface area contributed by atoms with E-state index < -0.39 is 5.82 Å². The number of hydrogen-bond donors (Lipinski definition) is 4. The van der Waals surface area contributed by atoms with E-state index in [1.165, 1.54) is 6.07 Å². The molecule has 0 unspecified atom stereocenters. The molecule has 0 radical (unpaired) electrons. The molecule has 3 aromatic heterocycles. The number of benzene rings is 1. The molecule has 0 spiro atoms. The molecule has 0 bridgehead atoms. The lowest BCUT2D eigenvalue weighted by atomic mass is 10.2. The number of nitrogens with two attached hydrogens (primary N) is 1. The van der Waals surface area contributed by atoms with E-state index in [2.05, 4.69) is 35.9 Å². The number of halogens is 1. The number of nitrogen functional groups attached to an aromatic ring is 1. The van der Waals surface area contributed by atoms with Crippen LogP contribution in [-0.2, 0) is 0 Å². The van der Waals surface area contributed by atoms with Gasteiger partial charge in [-0.1, -0.05) is 0 Å². The Bertz CT molecular complexity index is 1240. The summed E-state index contributed by atoms with van der Waals surface area (Å²) in [7, 11) is 0. The number of nitrogens with one attached hydrogen (secondary N) is 2. The van der Waals surface area contributed by atoms with Crippen LogP contribution in [0.25, 0.3) is 11.0 Å². The molecule has 9 nitrogen and oxygen atoms in total. The smallest absolute Gasteiger partial charge is 0.223 e. The van der Waals surface area contributed by atoms with Crippen LogP contribution < -0.4 is 26.4 Å². The Hall–Kier alpha value is -3.92. The number of rotatable bonds is 5. The number of pyridine rings is 1. The maximum atomic E-state index is 14.8. The number of ether oxygens (including phenoxy) is 1. The fourth-order valence-corrected chi connectivity index (χ4v) is 3.67. The average Bonchev–Trinajstić information content (AvgIpc) is 3.39. The van der Waals surface area contributed by atoms with Crippen LogP contribution in [0.3, 0.4) is 0 Å². The van der Waals surface area contributed by atoms with Crippen LogP contribution in [0.15, 0.2) is 48.8 Å². The highest BCUT2D eigenvalue weighted by atomic mass is 19.1. The van der Waals surface area contributed by atoms with Gasteiger partial charge in [0, 0.05) is 43.2 Å². The largest absolute Gasteiger partial charge is 0.453 e. The van der Waals surface area contributed by atoms with Gasteiger partial charge in [0.05, 0.1) is 11.9 Å². The van der Waals surface area contributed by atoms with E-state index in [1.54, 1.807) is 36.7 Å². The third-order valence-corrected chi connectivity index (χ3v) is 5.18. The molecule has 7 N–H and O–H groups in total. The highest BCUT2D eigenvalue weighted by molar-refractivity contribution is 5.82. The minimum Gasteiger partial charge on any atom is -0.453 e. The number of fused-ring (bicyclic) bond motifs is 1. The molecular weight excluding hydrogens is 399 g/mol. The van der Waals surface area contributed by atoms with E-state index in [4.69, 9.17) is 10.5 Å². The van der Waals surface area contributed by atoms with E-state index in [0.29, 0.717) is 28.9 Å². The fourth-order valence-electron chi connectivity index (χ4n) is 3.67. The number of anilines is 4. The van der Waals surface area contributed by atoms with Gasteiger partial charge in [-0.3, -0.25) is 0 Å². The van der Waals surface area contributed by atoms with Crippen molar-refractivity contribution < 1.29 is 14.9 Å². The van der Waals surface area contributed by atoms with Crippen molar-refractivity contribution in [1.29, 1.82) is 0 Å². The predicted octanol–water partition coefficient (Wildman–Crippen LogP) is 2.43. The van der Waals surface area contributed by atoms with E-state index >= 15 is 0 Å². The molecule has 1 aromatic carbocycles. The molecule has 31 heavy (non-hydrogen) atoms. The van der Waals surface area contributed by atoms with E-state index in [-0.39, 0.29) is 11.7 Å².